The van der Waals surface area contributed by atoms with Crippen LogP contribution in [0.15, 0.2) is 52.8 Å². The van der Waals surface area contributed by atoms with Gasteiger partial charge in [-0.05, 0) is 49.2 Å². The van der Waals surface area contributed by atoms with Crippen LogP contribution in [0, 0.1) is 0 Å². The van der Waals surface area contributed by atoms with Gasteiger partial charge in [0.25, 0.3) is 11.8 Å². The molecule has 2 amide bonds. The lowest BCUT2D eigenvalue weighted by Crippen LogP contribution is -2.41. The van der Waals surface area contributed by atoms with Crippen molar-refractivity contribution in [1.82, 2.24) is 10.6 Å². The van der Waals surface area contributed by atoms with E-state index < -0.39 is 0 Å². The first-order chi connectivity index (χ1) is 12.6. The van der Waals surface area contributed by atoms with Crippen molar-refractivity contribution in [2.75, 3.05) is 0 Å². The van der Waals surface area contributed by atoms with Crippen molar-refractivity contribution in [3.8, 4) is 0 Å². The third-order valence-corrected chi connectivity index (χ3v) is 4.62. The third kappa shape index (κ3) is 4.99. The Balaban J connectivity index is 1.75. The molecule has 1 heterocycles. The predicted octanol–water partition coefficient (Wildman–Crippen LogP) is 4.15. The zero-order valence-electron chi connectivity index (χ0n) is 14.3. The summed E-state index contributed by atoms with van der Waals surface area (Å²) in [5.74, 6) is -0.191. The highest BCUT2D eigenvalue weighted by molar-refractivity contribution is 6.30. The molecular weight excluding hydrogens is 352 g/mol. The van der Waals surface area contributed by atoms with E-state index in [4.69, 9.17) is 16.0 Å². The molecule has 26 heavy (non-hydrogen) atoms. The van der Waals surface area contributed by atoms with Gasteiger partial charge in [-0.25, -0.2) is 0 Å². The van der Waals surface area contributed by atoms with Crippen molar-refractivity contribution < 1.29 is 14.0 Å². The molecule has 0 unspecified atom stereocenters. The molecule has 0 atom stereocenters. The lowest BCUT2D eigenvalue weighted by atomic mass is 9.95. The minimum atomic E-state index is -0.377. The molecule has 1 aromatic carbocycles. The van der Waals surface area contributed by atoms with Crippen LogP contribution in [-0.4, -0.2) is 17.9 Å². The van der Waals surface area contributed by atoms with Crippen LogP contribution >= 0.6 is 11.6 Å². The molecule has 1 saturated carbocycles. The van der Waals surface area contributed by atoms with Crippen molar-refractivity contribution in [3.63, 3.8) is 0 Å². The summed E-state index contributed by atoms with van der Waals surface area (Å²) in [6, 6.07) is 10.1. The second-order valence-corrected chi connectivity index (χ2v) is 6.78. The quantitative estimate of drug-likeness (QED) is 0.774. The Kier molecular flexibility index (Phi) is 6.12. The molecule has 0 spiro atoms. The molecule has 0 saturated heterocycles. The summed E-state index contributed by atoms with van der Waals surface area (Å²) >= 11 is 5.86. The van der Waals surface area contributed by atoms with Crippen LogP contribution in [0.4, 0.5) is 0 Å². The normalized spacial score (nSPS) is 15.5. The Morgan fingerprint density at radius 1 is 1.08 bits per heavy atom. The van der Waals surface area contributed by atoms with E-state index in [1.54, 1.807) is 36.4 Å². The number of furan rings is 1. The maximum Gasteiger partial charge on any atom is 0.268 e. The smallest absolute Gasteiger partial charge is 0.268 e. The van der Waals surface area contributed by atoms with Gasteiger partial charge in [0.2, 0.25) is 0 Å². The summed E-state index contributed by atoms with van der Waals surface area (Å²) in [6.45, 7) is 0. The van der Waals surface area contributed by atoms with E-state index in [0.29, 0.717) is 16.3 Å². The molecule has 0 radical (unpaired) electrons. The number of hydrogen-bond donors (Lipinski definition) is 2. The van der Waals surface area contributed by atoms with Crippen LogP contribution in [0.25, 0.3) is 6.08 Å². The Hall–Kier alpha value is -2.53. The van der Waals surface area contributed by atoms with Gasteiger partial charge in [-0.15, -0.1) is 0 Å². The molecule has 0 aliphatic heterocycles. The zero-order chi connectivity index (χ0) is 18.4. The standard InChI is InChI=1S/C20H21ClN2O3/c21-15-10-8-14(9-11-15)19(24)23-18(13-17-7-4-12-26-17)20(25)22-16-5-2-1-3-6-16/h4,7-13,16H,1-3,5-6H2,(H,22,25)(H,23,24)/b18-13+. The van der Waals surface area contributed by atoms with E-state index in [2.05, 4.69) is 10.6 Å². The maximum atomic E-state index is 12.7. The summed E-state index contributed by atoms with van der Waals surface area (Å²) in [4.78, 5) is 25.2. The van der Waals surface area contributed by atoms with Crippen molar-refractivity contribution in [3.05, 3.63) is 64.7 Å². The number of halogens is 1. The fraction of sp³-hybridized carbons (Fsp3) is 0.300. The van der Waals surface area contributed by atoms with Crippen molar-refractivity contribution in [2.45, 2.75) is 38.1 Å². The molecule has 1 fully saturated rings. The van der Waals surface area contributed by atoms with Crippen LogP contribution in [-0.2, 0) is 4.79 Å². The van der Waals surface area contributed by atoms with E-state index in [1.165, 1.54) is 18.8 Å². The van der Waals surface area contributed by atoms with Gasteiger partial charge >= 0.3 is 0 Å². The number of rotatable bonds is 5. The molecule has 136 valence electrons. The monoisotopic (exact) mass is 372 g/mol. The van der Waals surface area contributed by atoms with E-state index >= 15 is 0 Å². The fourth-order valence-corrected chi connectivity index (χ4v) is 3.11. The van der Waals surface area contributed by atoms with Crippen LogP contribution in [0.3, 0.4) is 0 Å². The molecule has 5 nitrogen and oxygen atoms in total. The minimum Gasteiger partial charge on any atom is -0.465 e. The van der Waals surface area contributed by atoms with E-state index in [0.717, 1.165) is 25.7 Å². The Bertz CT molecular complexity index is 776. The third-order valence-electron chi connectivity index (χ3n) is 4.37. The number of amides is 2. The lowest BCUT2D eigenvalue weighted by molar-refractivity contribution is -0.118. The number of carbonyl (C=O) groups is 2. The summed E-state index contributed by atoms with van der Waals surface area (Å²) in [5, 5.41) is 6.24. The van der Waals surface area contributed by atoms with E-state index in [9.17, 15) is 9.59 Å². The zero-order valence-corrected chi connectivity index (χ0v) is 15.1. The predicted molar refractivity (Wildman–Crippen MR) is 101 cm³/mol. The maximum absolute atomic E-state index is 12.7. The van der Waals surface area contributed by atoms with Gasteiger partial charge in [0.1, 0.15) is 11.5 Å². The average Bonchev–Trinajstić information content (AvgIpc) is 3.15. The van der Waals surface area contributed by atoms with Gasteiger partial charge < -0.3 is 15.1 Å². The molecule has 2 aromatic rings. The van der Waals surface area contributed by atoms with Crippen molar-refractivity contribution >= 4 is 29.5 Å². The minimum absolute atomic E-state index is 0.142. The first-order valence-electron chi connectivity index (χ1n) is 8.75. The molecule has 1 aliphatic rings. The van der Waals surface area contributed by atoms with Gasteiger partial charge in [-0.2, -0.15) is 0 Å². The second-order valence-electron chi connectivity index (χ2n) is 6.34. The van der Waals surface area contributed by atoms with Crippen LogP contribution < -0.4 is 10.6 Å². The average molecular weight is 373 g/mol. The molecule has 6 heteroatoms. The molecule has 2 N–H and O–H groups in total. The largest absolute Gasteiger partial charge is 0.465 e. The van der Waals surface area contributed by atoms with Gasteiger partial charge in [-0.1, -0.05) is 30.9 Å². The molecular formula is C20H21ClN2O3. The second kappa shape index (κ2) is 8.72. The van der Waals surface area contributed by atoms with Crippen molar-refractivity contribution in [2.24, 2.45) is 0 Å². The van der Waals surface area contributed by atoms with E-state index in [-0.39, 0.29) is 23.6 Å². The molecule has 3 rings (SSSR count). The first-order valence-corrected chi connectivity index (χ1v) is 9.12. The van der Waals surface area contributed by atoms with Gasteiger partial charge in [-0.3, -0.25) is 9.59 Å². The van der Waals surface area contributed by atoms with Gasteiger partial charge in [0.15, 0.2) is 0 Å². The van der Waals surface area contributed by atoms with Crippen LogP contribution in [0.1, 0.15) is 48.2 Å². The van der Waals surface area contributed by atoms with Gasteiger partial charge in [0, 0.05) is 22.7 Å². The summed E-state index contributed by atoms with van der Waals surface area (Å²) in [6.07, 6.45) is 8.40. The summed E-state index contributed by atoms with van der Waals surface area (Å²) in [5.41, 5.74) is 0.579. The van der Waals surface area contributed by atoms with Crippen molar-refractivity contribution in [1.29, 1.82) is 0 Å². The topological polar surface area (TPSA) is 71.3 Å². The Morgan fingerprint density at radius 2 is 1.81 bits per heavy atom. The first kappa shape index (κ1) is 18.3. The number of carbonyl (C=O) groups excluding carboxylic acids is 2. The molecule has 1 aromatic heterocycles. The highest BCUT2D eigenvalue weighted by atomic mass is 35.5. The number of nitrogens with one attached hydrogen (secondary N) is 2. The molecule has 1 aliphatic carbocycles. The number of benzene rings is 1. The molecule has 0 bridgehead atoms. The Labute approximate surface area is 157 Å². The van der Waals surface area contributed by atoms with Crippen LogP contribution in [0.5, 0.6) is 0 Å². The lowest BCUT2D eigenvalue weighted by Gasteiger charge is -2.23. The fourth-order valence-electron chi connectivity index (χ4n) is 2.98. The summed E-state index contributed by atoms with van der Waals surface area (Å²) < 4.78 is 5.28. The SMILES string of the molecule is O=C(NC1CCCCC1)/C(=C\c1ccco1)NC(=O)c1ccc(Cl)cc1. The van der Waals surface area contributed by atoms with Crippen LogP contribution in [0.2, 0.25) is 5.02 Å². The highest BCUT2D eigenvalue weighted by Crippen LogP contribution is 2.18. The van der Waals surface area contributed by atoms with E-state index in [1.807, 2.05) is 0 Å². The summed E-state index contributed by atoms with van der Waals surface area (Å²) in [7, 11) is 0. The number of hydrogen-bond acceptors (Lipinski definition) is 3. The Morgan fingerprint density at radius 3 is 2.46 bits per heavy atom. The van der Waals surface area contributed by atoms with Gasteiger partial charge in [0.05, 0.1) is 6.26 Å². The highest BCUT2D eigenvalue weighted by Gasteiger charge is 2.20.